The molecule has 6 N–H and O–H groups in total. The van der Waals surface area contributed by atoms with E-state index in [4.69, 9.17) is 17.2 Å². The van der Waals surface area contributed by atoms with Crippen LogP contribution in [0.15, 0.2) is 72.8 Å². The lowest BCUT2D eigenvalue weighted by atomic mass is 9.78. The molecule has 1 aromatic heterocycles. The van der Waals surface area contributed by atoms with Gasteiger partial charge in [-0.25, -0.2) is 9.07 Å². The summed E-state index contributed by atoms with van der Waals surface area (Å²) in [5.74, 6) is -1.51. The van der Waals surface area contributed by atoms with Crippen LogP contribution in [0.4, 0.5) is 17.6 Å². The minimum atomic E-state index is -4.80. The molecule has 0 bridgehead atoms. The number of amides is 1. The van der Waals surface area contributed by atoms with Crippen molar-refractivity contribution in [2.45, 2.75) is 50.4 Å². The van der Waals surface area contributed by atoms with Gasteiger partial charge < -0.3 is 17.2 Å². The molecule has 43 heavy (non-hydrogen) atoms. The van der Waals surface area contributed by atoms with Crippen LogP contribution in [0.3, 0.4) is 0 Å². The lowest BCUT2D eigenvalue weighted by molar-refractivity contribution is -0.141. The number of carbonyl (C=O) groups is 2. The zero-order chi connectivity index (χ0) is 30.9. The van der Waals surface area contributed by atoms with E-state index in [0.717, 1.165) is 23.9 Å². The summed E-state index contributed by atoms with van der Waals surface area (Å²) in [6.45, 7) is 0.134. The molecule has 1 aliphatic carbocycles. The van der Waals surface area contributed by atoms with Crippen LogP contribution in [0, 0.1) is 11.7 Å². The molecule has 1 unspecified atom stereocenters. The number of hydrogen-bond acceptors (Lipinski definition) is 5. The van der Waals surface area contributed by atoms with Gasteiger partial charge in [0, 0.05) is 24.6 Å². The second-order valence-corrected chi connectivity index (χ2v) is 11.0. The molecule has 0 spiro atoms. The number of hydrogen-bond donors (Lipinski definition) is 3. The molecule has 1 fully saturated rings. The van der Waals surface area contributed by atoms with E-state index in [1.165, 1.54) is 24.3 Å². The number of alkyl halides is 3. The van der Waals surface area contributed by atoms with E-state index in [2.05, 4.69) is 5.10 Å². The smallest absolute Gasteiger partial charge is 0.366 e. The summed E-state index contributed by atoms with van der Waals surface area (Å²) in [4.78, 5) is 25.1. The number of primary amides is 1. The van der Waals surface area contributed by atoms with E-state index in [1.807, 2.05) is 0 Å². The number of carbonyl (C=O) groups excluding carboxylic acids is 2. The van der Waals surface area contributed by atoms with Gasteiger partial charge in [0.1, 0.15) is 11.5 Å². The third-order valence-corrected chi connectivity index (χ3v) is 7.92. The Hall–Kier alpha value is -4.35. The molecule has 5 rings (SSSR count). The third kappa shape index (κ3) is 6.52. The highest BCUT2D eigenvalue weighted by atomic mass is 19.4. The highest BCUT2D eigenvalue weighted by Gasteiger charge is 2.37. The topological polar surface area (TPSA) is 130 Å². The van der Waals surface area contributed by atoms with Gasteiger partial charge in [0.25, 0.3) is 0 Å². The Morgan fingerprint density at radius 2 is 1.65 bits per heavy atom. The summed E-state index contributed by atoms with van der Waals surface area (Å²) in [5, 5.41) is 3.66. The number of halogens is 4. The molecule has 0 aliphatic heterocycles. The highest BCUT2D eigenvalue weighted by Crippen LogP contribution is 2.40. The number of nitrogens with zero attached hydrogens (tertiary/aromatic N) is 2. The van der Waals surface area contributed by atoms with Crippen molar-refractivity contribution in [1.29, 1.82) is 0 Å². The Bertz CT molecular complexity index is 1660. The largest absolute Gasteiger partial charge is 0.435 e. The number of ketones is 1. The fourth-order valence-electron chi connectivity index (χ4n) is 5.21. The van der Waals surface area contributed by atoms with E-state index in [0.29, 0.717) is 40.7 Å². The van der Waals surface area contributed by atoms with Crippen LogP contribution >= 0.6 is 0 Å². The maximum atomic E-state index is 15.2. The first-order chi connectivity index (χ1) is 20.4. The van der Waals surface area contributed by atoms with Crippen molar-refractivity contribution in [1.82, 2.24) is 9.78 Å². The Morgan fingerprint density at radius 1 is 0.953 bits per heavy atom. The van der Waals surface area contributed by atoms with Crippen molar-refractivity contribution in [2.24, 2.45) is 23.1 Å². The molecule has 4 aromatic rings. The van der Waals surface area contributed by atoms with Gasteiger partial charge in [0.05, 0.1) is 11.2 Å². The molecule has 1 heterocycles. The fourth-order valence-corrected chi connectivity index (χ4v) is 5.21. The molecule has 0 radical (unpaired) electrons. The van der Waals surface area contributed by atoms with Gasteiger partial charge in [-0.2, -0.15) is 18.3 Å². The summed E-state index contributed by atoms with van der Waals surface area (Å²) in [6.07, 6.45) is -1.80. The van der Waals surface area contributed by atoms with Crippen LogP contribution in [0.5, 0.6) is 0 Å². The van der Waals surface area contributed by atoms with Crippen molar-refractivity contribution < 1.29 is 27.2 Å². The predicted molar refractivity (Wildman–Crippen MR) is 153 cm³/mol. The summed E-state index contributed by atoms with van der Waals surface area (Å²) in [7, 11) is 0. The molecule has 11 heteroatoms. The highest BCUT2D eigenvalue weighted by molar-refractivity contribution is 5.97. The average molecular weight is 594 g/mol. The molecule has 1 atom stereocenters. The number of aromatic nitrogens is 2. The number of nitrogens with two attached hydrogens (primary N) is 3. The van der Waals surface area contributed by atoms with E-state index >= 15 is 4.39 Å². The average Bonchev–Trinajstić information content (AvgIpc) is 3.70. The van der Waals surface area contributed by atoms with Crippen LogP contribution in [-0.2, 0) is 24.7 Å². The molecular weight excluding hydrogens is 562 g/mol. The minimum Gasteiger partial charge on any atom is -0.366 e. The van der Waals surface area contributed by atoms with E-state index in [1.54, 1.807) is 42.5 Å². The lowest BCUT2D eigenvalue weighted by Crippen LogP contribution is -2.38. The standard InChI is InChI=1S/C32H31F4N5O2/c33-26-11-10-24(31(39,13-12-19-4-5-19)23-8-6-21(7-9-23)30(38)43)15-22(26)16-28(42)27-17-29(32(34,35)36)40-41(27)25-3-1-2-20(14-25)18-37/h1-3,6-11,14-15,17,19H,4-5,12-13,16,18,37,39H2,(H2,38,43). The maximum absolute atomic E-state index is 15.2. The van der Waals surface area contributed by atoms with Crippen LogP contribution in [0.25, 0.3) is 5.69 Å². The van der Waals surface area contributed by atoms with E-state index in [-0.39, 0.29) is 23.5 Å². The third-order valence-electron chi connectivity index (χ3n) is 7.92. The van der Waals surface area contributed by atoms with Gasteiger partial charge in [0.15, 0.2) is 11.5 Å². The quantitative estimate of drug-likeness (QED) is 0.158. The number of rotatable bonds is 11. The second kappa shape index (κ2) is 11.7. The Labute approximate surface area is 245 Å². The first-order valence-corrected chi connectivity index (χ1v) is 13.9. The van der Waals surface area contributed by atoms with Crippen molar-refractivity contribution in [3.8, 4) is 5.69 Å². The monoisotopic (exact) mass is 593 g/mol. The number of benzene rings is 3. The molecule has 0 saturated heterocycles. The van der Waals surface area contributed by atoms with Gasteiger partial charge in [-0.15, -0.1) is 0 Å². The zero-order valence-electron chi connectivity index (χ0n) is 23.2. The Balaban J connectivity index is 1.52. The van der Waals surface area contributed by atoms with E-state index < -0.39 is 41.3 Å². The Morgan fingerprint density at radius 3 is 2.28 bits per heavy atom. The SMILES string of the molecule is NCc1cccc(-n2nc(C(F)(F)F)cc2C(=O)Cc2cc(C(N)(CCC3CC3)c3ccc(C(N)=O)cc3)ccc2F)c1. The molecule has 3 aromatic carbocycles. The predicted octanol–water partition coefficient (Wildman–Crippen LogP) is 5.41. The molecule has 1 amide bonds. The van der Waals surface area contributed by atoms with Gasteiger partial charge in [-0.1, -0.05) is 49.2 Å². The summed E-state index contributed by atoms with van der Waals surface area (Å²) in [5.41, 5.74) is 17.8. The molecule has 1 saturated carbocycles. The molecule has 1 aliphatic rings. The van der Waals surface area contributed by atoms with Crippen LogP contribution < -0.4 is 17.2 Å². The Kier molecular flexibility index (Phi) is 8.22. The molecule has 224 valence electrons. The van der Waals surface area contributed by atoms with Crippen LogP contribution in [0.1, 0.15) is 74.5 Å². The van der Waals surface area contributed by atoms with Crippen LogP contribution in [0.2, 0.25) is 0 Å². The van der Waals surface area contributed by atoms with Crippen molar-refractivity contribution in [2.75, 3.05) is 0 Å². The summed E-state index contributed by atoms with van der Waals surface area (Å²) >= 11 is 0. The van der Waals surface area contributed by atoms with Crippen molar-refractivity contribution in [3.63, 3.8) is 0 Å². The second-order valence-electron chi connectivity index (χ2n) is 11.0. The summed E-state index contributed by atoms with van der Waals surface area (Å²) in [6, 6.07) is 17.8. The lowest BCUT2D eigenvalue weighted by Gasteiger charge is -2.32. The van der Waals surface area contributed by atoms with Crippen LogP contribution in [-0.4, -0.2) is 21.5 Å². The van der Waals surface area contributed by atoms with Gasteiger partial charge >= 0.3 is 6.18 Å². The zero-order valence-corrected chi connectivity index (χ0v) is 23.2. The minimum absolute atomic E-state index is 0.0190. The maximum Gasteiger partial charge on any atom is 0.435 e. The van der Waals surface area contributed by atoms with Crippen molar-refractivity contribution in [3.05, 3.63) is 118 Å². The summed E-state index contributed by atoms with van der Waals surface area (Å²) < 4.78 is 57.0. The normalized spacial score (nSPS) is 14.8. The van der Waals surface area contributed by atoms with Gasteiger partial charge in [-0.3, -0.25) is 9.59 Å². The van der Waals surface area contributed by atoms with Gasteiger partial charge in [0.2, 0.25) is 5.91 Å². The molecular formula is C32H31F4N5O2. The first-order valence-electron chi connectivity index (χ1n) is 13.9. The first kappa shape index (κ1) is 30.1. The fraction of sp³-hybridized carbons (Fsp3) is 0.281. The van der Waals surface area contributed by atoms with E-state index in [9.17, 15) is 22.8 Å². The van der Waals surface area contributed by atoms with Crippen molar-refractivity contribution >= 4 is 11.7 Å². The number of Topliss-reactive ketones (excluding diaryl/α,β-unsaturated/α-hetero) is 1. The molecule has 7 nitrogen and oxygen atoms in total. The van der Waals surface area contributed by atoms with Gasteiger partial charge in [-0.05, 0) is 71.3 Å².